The Bertz CT molecular complexity index is 1260. The normalized spacial score (nSPS) is 22.1. The number of carbonyl (C=O) groups excluding carboxylic acids is 2. The largest absolute Gasteiger partial charge is 0.422 e. The molecule has 5 rings (SSSR count). The number of aliphatic hydroxyl groups excluding tert-OH is 1. The Balaban J connectivity index is 1.38. The lowest BCUT2D eigenvalue weighted by molar-refractivity contribution is -0.00427. The number of nitrogens with zero attached hydrogens (tertiary/aromatic N) is 1. The van der Waals surface area contributed by atoms with E-state index in [9.17, 15) is 19.5 Å². The van der Waals surface area contributed by atoms with E-state index in [1.807, 2.05) is 6.92 Å². The Morgan fingerprint density at radius 1 is 1.13 bits per heavy atom. The summed E-state index contributed by atoms with van der Waals surface area (Å²) in [4.78, 5) is 39.8. The van der Waals surface area contributed by atoms with Gasteiger partial charge in [-0.25, -0.2) is 4.79 Å². The number of fused-ring (bicyclic) bond motifs is 2. The predicted octanol–water partition coefficient (Wildman–Crippen LogP) is 2.81. The van der Waals surface area contributed by atoms with Crippen LogP contribution in [0.3, 0.4) is 0 Å². The van der Waals surface area contributed by atoms with Gasteiger partial charge >= 0.3 is 5.63 Å². The van der Waals surface area contributed by atoms with Crippen molar-refractivity contribution in [3.8, 4) is 0 Å². The van der Waals surface area contributed by atoms with Gasteiger partial charge in [0.25, 0.3) is 11.8 Å². The molecule has 7 heteroatoms. The second kappa shape index (κ2) is 7.35. The number of aliphatic hydroxyl groups is 1. The second-order valence-electron chi connectivity index (χ2n) is 8.41. The lowest BCUT2D eigenvalue weighted by atomic mass is 9.74. The first-order valence-corrected chi connectivity index (χ1v) is 10.3. The van der Waals surface area contributed by atoms with E-state index in [2.05, 4.69) is 5.32 Å². The first-order valence-electron chi connectivity index (χ1n) is 10.3. The summed E-state index contributed by atoms with van der Waals surface area (Å²) in [7, 11) is 0. The van der Waals surface area contributed by atoms with Crippen LogP contribution in [0.15, 0.2) is 57.7 Å². The van der Waals surface area contributed by atoms with Crippen LogP contribution in [-0.2, 0) is 0 Å². The minimum Gasteiger partial charge on any atom is -0.422 e. The number of rotatable bonds is 3. The van der Waals surface area contributed by atoms with Crippen LogP contribution in [-0.4, -0.2) is 41.0 Å². The third kappa shape index (κ3) is 3.41. The van der Waals surface area contributed by atoms with Crippen molar-refractivity contribution < 1.29 is 19.1 Å². The molecule has 1 saturated carbocycles. The van der Waals surface area contributed by atoms with Crippen LogP contribution in [0.2, 0.25) is 0 Å². The number of amides is 2. The van der Waals surface area contributed by atoms with E-state index in [0.717, 1.165) is 12.0 Å². The molecular weight excluding hydrogens is 396 g/mol. The summed E-state index contributed by atoms with van der Waals surface area (Å²) in [5.74, 6) is -0.173. The van der Waals surface area contributed by atoms with Crippen molar-refractivity contribution in [1.29, 1.82) is 0 Å². The summed E-state index contributed by atoms with van der Waals surface area (Å²) in [5.41, 5.74) is 1.30. The molecule has 2 N–H and O–H groups in total. The molecule has 2 aromatic carbocycles. The van der Waals surface area contributed by atoms with Gasteiger partial charge in [-0.15, -0.1) is 0 Å². The Labute approximate surface area is 178 Å². The molecule has 3 atom stereocenters. The van der Waals surface area contributed by atoms with E-state index >= 15 is 0 Å². The van der Waals surface area contributed by atoms with E-state index in [-0.39, 0.29) is 23.5 Å². The molecule has 0 spiro atoms. The summed E-state index contributed by atoms with van der Waals surface area (Å²) in [5, 5.41) is 13.2. The zero-order valence-corrected chi connectivity index (χ0v) is 17.0. The van der Waals surface area contributed by atoms with Gasteiger partial charge in [0, 0.05) is 35.6 Å². The summed E-state index contributed by atoms with van der Waals surface area (Å²) >= 11 is 0. The fraction of sp³-hybridized carbons (Fsp3) is 0.292. The highest BCUT2D eigenvalue weighted by Crippen LogP contribution is 2.41. The van der Waals surface area contributed by atoms with Crippen molar-refractivity contribution in [2.45, 2.75) is 19.4 Å². The number of benzene rings is 2. The Hall–Kier alpha value is -3.45. The molecule has 1 aliphatic carbocycles. The van der Waals surface area contributed by atoms with Gasteiger partial charge in [0.15, 0.2) is 0 Å². The van der Waals surface area contributed by atoms with Crippen molar-refractivity contribution in [3.05, 3.63) is 75.6 Å². The van der Waals surface area contributed by atoms with E-state index in [4.69, 9.17) is 4.42 Å². The first-order chi connectivity index (χ1) is 14.9. The molecule has 2 fully saturated rings. The number of likely N-dealkylation sites (tertiary alicyclic amines) is 1. The fourth-order valence-electron chi connectivity index (χ4n) is 4.52. The van der Waals surface area contributed by atoms with Crippen molar-refractivity contribution in [3.63, 3.8) is 0 Å². The zero-order valence-electron chi connectivity index (χ0n) is 17.0. The molecule has 0 unspecified atom stereocenters. The summed E-state index contributed by atoms with van der Waals surface area (Å²) in [6, 6.07) is 13.6. The molecule has 31 heavy (non-hydrogen) atoms. The zero-order chi connectivity index (χ0) is 21.7. The van der Waals surface area contributed by atoms with Gasteiger partial charge in [-0.3, -0.25) is 9.59 Å². The molecule has 2 amide bonds. The van der Waals surface area contributed by atoms with Crippen LogP contribution in [0.25, 0.3) is 11.0 Å². The molecule has 3 aromatic rings. The minimum atomic E-state index is -0.716. The third-order valence-corrected chi connectivity index (χ3v) is 6.44. The quantitative estimate of drug-likeness (QED) is 0.637. The lowest BCUT2D eigenvalue weighted by Gasteiger charge is -2.34. The van der Waals surface area contributed by atoms with Crippen LogP contribution in [0.1, 0.15) is 32.7 Å². The van der Waals surface area contributed by atoms with Crippen molar-refractivity contribution in [2.75, 3.05) is 18.4 Å². The van der Waals surface area contributed by atoms with E-state index in [1.165, 1.54) is 6.07 Å². The molecule has 1 aromatic heterocycles. The number of anilines is 1. The summed E-state index contributed by atoms with van der Waals surface area (Å²) in [6.45, 7) is 3.02. The third-order valence-electron chi connectivity index (χ3n) is 6.44. The first kappa shape index (κ1) is 19.5. The number of nitrogens with one attached hydrogen (secondary N) is 1. The molecule has 2 heterocycles. The van der Waals surface area contributed by atoms with Crippen LogP contribution >= 0.6 is 0 Å². The lowest BCUT2D eigenvalue weighted by Crippen LogP contribution is -2.39. The minimum absolute atomic E-state index is 0.0973. The SMILES string of the molecule is Cc1ccc(C(=O)N2C[C@@H]3C[C@H](O)[C@@H]3C2)cc1NC(=O)c1cc2ccccc2oc1=O. The molecule has 0 radical (unpaired) electrons. The second-order valence-corrected chi connectivity index (χ2v) is 8.41. The Morgan fingerprint density at radius 3 is 2.71 bits per heavy atom. The Kier molecular flexibility index (Phi) is 4.63. The Morgan fingerprint density at radius 2 is 1.94 bits per heavy atom. The van der Waals surface area contributed by atoms with Gasteiger partial charge in [0.05, 0.1) is 6.10 Å². The van der Waals surface area contributed by atoms with Gasteiger partial charge in [0.2, 0.25) is 0 Å². The molecule has 2 aliphatic rings. The van der Waals surface area contributed by atoms with E-state index in [1.54, 1.807) is 47.4 Å². The summed E-state index contributed by atoms with van der Waals surface area (Å²) in [6.07, 6.45) is 0.433. The summed E-state index contributed by atoms with van der Waals surface area (Å²) < 4.78 is 5.25. The smallest absolute Gasteiger partial charge is 0.349 e. The standard InChI is InChI=1S/C24H22N2O5/c1-13-6-7-15(23(29)26-11-16-10-20(27)18(16)12-26)9-19(13)25-22(28)17-8-14-4-2-3-5-21(14)31-24(17)30/h2-9,16,18,20,27H,10-12H2,1H3,(H,25,28)/t16-,18+,20-/m0/s1. The number of aryl methyl sites for hydroxylation is 1. The molecule has 7 nitrogen and oxygen atoms in total. The van der Waals surface area contributed by atoms with Gasteiger partial charge in [0.1, 0.15) is 11.1 Å². The molecule has 1 aliphatic heterocycles. The maximum Gasteiger partial charge on any atom is 0.349 e. The average Bonchev–Trinajstić information content (AvgIpc) is 3.11. The van der Waals surface area contributed by atoms with E-state index < -0.39 is 11.5 Å². The molecule has 0 bridgehead atoms. The van der Waals surface area contributed by atoms with Crippen LogP contribution in [0, 0.1) is 18.8 Å². The highest BCUT2D eigenvalue weighted by atomic mass is 16.4. The fourth-order valence-corrected chi connectivity index (χ4v) is 4.52. The number of carbonyl (C=O) groups is 2. The van der Waals surface area contributed by atoms with E-state index in [0.29, 0.717) is 41.2 Å². The number of para-hydroxylation sites is 1. The predicted molar refractivity (Wildman–Crippen MR) is 115 cm³/mol. The highest BCUT2D eigenvalue weighted by Gasteiger charge is 2.47. The topological polar surface area (TPSA) is 99.9 Å². The maximum atomic E-state index is 13.0. The van der Waals surface area contributed by atoms with Gasteiger partial charge in [-0.1, -0.05) is 24.3 Å². The molecule has 1 saturated heterocycles. The average molecular weight is 418 g/mol. The van der Waals surface area contributed by atoms with Crippen LogP contribution in [0.5, 0.6) is 0 Å². The van der Waals surface area contributed by atoms with Crippen molar-refractivity contribution in [2.24, 2.45) is 11.8 Å². The molecular formula is C24H22N2O5. The van der Waals surface area contributed by atoms with Gasteiger partial charge in [-0.05, 0) is 49.1 Å². The number of hydrogen-bond donors (Lipinski definition) is 2. The van der Waals surface area contributed by atoms with Crippen molar-refractivity contribution in [1.82, 2.24) is 4.90 Å². The van der Waals surface area contributed by atoms with Gasteiger partial charge < -0.3 is 19.7 Å². The van der Waals surface area contributed by atoms with Gasteiger partial charge in [-0.2, -0.15) is 0 Å². The van der Waals surface area contributed by atoms with Crippen LogP contribution < -0.4 is 10.9 Å². The monoisotopic (exact) mass is 418 g/mol. The van der Waals surface area contributed by atoms with Crippen LogP contribution in [0.4, 0.5) is 5.69 Å². The maximum absolute atomic E-state index is 13.0. The number of hydrogen-bond acceptors (Lipinski definition) is 5. The highest BCUT2D eigenvalue weighted by molar-refractivity contribution is 6.06. The molecule has 158 valence electrons. The van der Waals surface area contributed by atoms with Crippen molar-refractivity contribution >= 4 is 28.5 Å².